The number of hydrogen-bond acceptors (Lipinski definition) is 3. The number of hydrogen-bond donors (Lipinski definition) is 2. The number of nitrogens with two attached hydrogens (primary N) is 1. The van der Waals surface area contributed by atoms with Crippen LogP contribution in [-0.4, -0.2) is 14.3 Å². The summed E-state index contributed by atoms with van der Waals surface area (Å²) < 4.78 is 22.6. The molecule has 0 fully saturated rings. The van der Waals surface area contributed by atoms with Gasteiger partial charge in [0.15, 0.2) is 0 Å². The van der Waals surface area contributed by atoms with Crippen LogP contribution in [0.15, 0.2) is 83.8 Å². The van der Waals surface area contributed by atoms with Crippen molar-refractivity contribution in [1.82, 2.24) is 5.32 Å². The summed E-state index contributed by atoms with van der Waals surface area (Å²) in [6, 6.07) is 23.9. The Hall–Kier alpha value is -2.96. The Morgan fingerprint density at radius 1 is 0.893 bits per heavy atom. The molecule has 0 aromatic heterocycles. The van der Waals surface area contributed by atoms with E-state index in [-0.39, 0.29) is 23.3 Å². The third-order valence-corrected chi connectivity index (χ3v) is 5.44. The molecule has 3 N–H and O–H groups in total. The number of sulfonamides is 1. The van der Waals surface area contributed by atoms with Gasteiger partial charge in [-0.15, -0.1) is 0 Å². The minimum Gasteiger partial charge on any atom is -0.349 e. The van der Waals surface area contributed by atoms with Crippen molar-refractivity contribution in [2.75, 3.05) is 0 Å². The van der Waals surface area contributed by atoms with E-state index in [2.05, 4.69) is 5.32 Å². The van der Waals surface area contributed by atoms with Crippen LogP contribution in [0.25, 0.3) is 11.1 Å². The Morgan fingerprint density at radius 3 is 2.04 bits per heavy atom. The molecule has 0 aliphatic carbocycles. The zero-order chi connectivity index (χ0) is 20.1. The summed E-state index contributed by atoms with van der Waals surface area (Å²) in [7, 11) is -3.72. The van der Waals surface area contributed by atoms with Crippen molar-refractivity contribution in [2.24, 2.45) is 5.14 Å². The zero-order valence-corrected chi connectivity index (χ0v) is 16.3. The quantitative estimate of drug-likeness (QED) is 0.671. The van der Waals surface area contributed by atoms with Crippen molar-refractivity contribution in [3.63, 3.8) is 0 Å². The van der Waals surface area contributed by atoms with Crippen molar-refractivity contribution in [3.8, 4) is 11.1 Å². The highest BCUT2D eigenvalue weighted by Gasteiger charge is 2.12. The Balaban J connectivity index is 1.60. The van der Waals surface area contributed by atoms with Crippen molar-refractivity contribution in [1.29, 1.82) is 0 Å². The fourth-order valence-electron chi connectivity index (χ4n) is 2.95. The summed E-state index contributed by atoms with van der Waals surface area (Å²) >= 11 is 0. The highest BCUT2D eigenvalue weighted by Crippen LogP contribution is 2.20. The van der Waals surface area contributed by atoms with Crippen LogP contribution in [0.3, 0.4) is 0 Å². The fraction of sp³-hybridized carbons (Fsp3) is 0.136. The normalized spacial score (nSPS) is 12.4. The number of amides is 1. The SMILES string of the molecule is CC(NC(=O)Cc1ccc(-c2ccccc2)cc1)c1ccc(S(N)(=O)=O)cc1. The predicted molar refractivity (Wildman–Crippen MR) is 110 cm³/mol. The van der Waals surface area contributed by atoms with Gasteiger partial charge in [-0.1, -0.05) is 66.7 Å². The maximum atomic E-state index is 12.4. The summed E-state index contributed by atoms with van der Waals surface area (Å²) in [6.07, 6.45) is 0.272. The lowest BCUT2D eigenvalue weighted by molar-refractivity contribution is -0.121. The minimum atomic E-state index is -3.72. The van der Waals surface area contributed by atoms with Gasteiger partial charge in [0.1, 0.15) is 0 Å². The van der Waals surface area contributed by atoms with Gasteiger partial charge in [0.25, 0.3) is 0 Å². The average Bonchev–Trinajstić information content (AvgIpc) is 2.68. The molecule has 0 saturated heterocycles. The first kappa shape index (κ1) is 19.8. The molecule has 1 atom stereocenters. The highest BCUT2D eigenvalue weighted by molar-refractivity contribution is 7.89. The maximum Gasteiger partial charge on any atom is 0.238 e. The number of benzene rings is 3. The van der Waals surface area contributed by atoms with Crippen LogP contribution in [0, 0.1) is 0 Å². The van der Waals surface area contributed by atoms with Gasteiger partial charge < -0.3 is 5.32 Å². The van der Waals surface area contributed by atoms with Crippen LogP contribution in [-0.2, 0) is 21.2 Å². The number of primary sulfonamides is 1. The maximum absolute atomic E-state index is 12.4. The lowest BCUT2D eigenvalue weighted by Gasteiger charge is -2.15. The van der Waals surface area contributed by atoms with Crippen LogP contribution < -0.4 is 10.5 Å². The largest absolute Gasteiger partial charge is 0.349 e. The van der Waals surface area contributed by atoms with Crippen LogP contribution in [0.2, 0.25) is 0 Å². The lowest BCUT2D eigenvalue weighted by Crippen LogP contribution is -2.28. The van der Waals surface area contributed by atoms with Gasteiger partial charge in [-0.3, -0.25) is 4.79 Å². The molecule has 0 saturated carbocycles. The first-order chi connectivity index (χ1) is 13.3. The second-order valence-corrected chi connectivity index (χ2v) is 8.20. The molecule has 0 bridgehead atoms. The molecular weight excluding hydrogens is 372 g/mol. The molecule has 5 nitrogen and oxygen atoms in total. The highest BCUT2D eigenvalue weighted by atomic mass is 32.2. The topological polar surface area (TPSA) is 89.3 Å². The molecule has 0 aliphatic rings. The van der Waals surface area contributed by atoms with E-state index in [0.29, 0.717) is 0 Å². The molecule has 3 aromatic carbocycles. The van der Waals surface area contributed by atoms with Crippen molar-refractivity contribution in [2.45, 2.75) is 24.3 Å². The third-order valence-electron chi connectivity index (χ3n) is 4.51. The first-order valence-corrected chi connectivity index (χ1v) is 10.4. The number of carbonyl (C=O) groups excluding carboxylic acids is 1. The van der Waals surface area contributed by atoms with E-state index in [1.807, 2.05) is 61.5 Å². The molecule has 0 aliphatic heterocycles. The van der Waals surface area contributed by atoms with Gasteiger partial charge in [0.2, 0.25) is 15.9 Å². The van der Waals surface area contributed by atoms with E-state index in [4.69, 9.17) is 5.14 Å². The van der Waals surface area contributed by atoms with Crippen molar-refractivity contribution >= 4 is 15.9 Å². The van der Waals surface area contributed by atoms with Crippen LogP contribution in [0.4, 0.5) is 0 Å². The van der Waals surface area contributed by atoms with Gasteiger partial charge in [-0.25, -0.2) is 13.6 Å². The molecule has 28 heavy (non-hydrogen) atoms. The van der Waals surface area contributed by atoms with Gasteiger partial charge in [-0.2, -0.15) is 0 Å². The van der Waals surface area contributed by atoms with Crippen LogP contribution in [0.5, 0.6) is 0 Å². The molecule has 6 heteroatoms. The number of nitrogens with one attached hydrogen (secondary N) is 1. The molecule has 3 aromatic rings. The Morgan fingerprint density at radius 2 is 1.46 bits per heavy atom. The Labute approximate surface area is 165 Å². The molecule has 1 unspecified atom stereocenters. The molecule has 0 radical (unpaired) electrons. The van der Waals surface area contributed by atoms with Gasteiger partial charge in [0, 0.05) is 0 Å². The summed E-state index contributed by atoms with van der Waals surface area (Å²) in [4.78, 5) is 12.4. The van der Waals surface area contributed by atoms with Crippen LogP contribution in [0.1, 0.15) is 24.1 Å². The third kappa shape index (κ3) is 5.06. The molecule has 0 heterocycles. The van der Waals surface area contributed by atoms with E-state index in [0.717, 1.165) is 22.3 Å². The standard InChI is InChI=1S/C22H22N2O3S/c1-16(18-11-13-21(14-12-18)28(23,26)27)24-22(25)15-17-7-9-20(10-8-17)19-5-3-2-4-6-19/h2-14,16H,15H2,1H3,(H,24,25)(H2,23,26,27). The van der Waals surface area contributed by atoms with E-state index < -0.39 is 10.0 Å². The van der Waals surface area contributed by atoms with E-state index in [1.165, 1.54) is 12.1 Å². The van der Waals surface area contributed by atoms with E-state index >= 15 is 0 Å². The van der Waals surface area contributed by atoms with Crippen molar-refractivity contribution < 1.29 is 13.2 Å². The Kier molecular flexibility index (Phi) is 5.92. The van der Waals surface area contributed by atoms with E-state index in [1.54, 1.807) is 12.1 Å². The smallest absolute Gasteiger partial charge is 0.238 e. The zero-order valence-electron chi connectivity index (χ0n) is 15.5. The van der Waals surface area contributed by atoms with Gasteiger partial charge in [0.05, 0.1) is 17.4 Å². The monoisotopic (exact) mass is 394 g/mol. The average molecular weight is 394 g/mol. The predicted octanol–water partition coefficient (Wildman–Crippen LogP) is 3.42. The fourth-order valence-corrected chi connectivity index (χ4v) is 3.47. The summed E-state index contributed by atoms with van der Waals surface area (Å²) in [5, 5.41) is 8.03. The molecular formula is C22H22N2O3S. The van der Waals surface area contributed by atoms with Gasteiger partial charge in [-0.05, 0) is 41.3 Å². The summed E-state index contributed by atoms with van der Waals surface area (Å²) in [6.45, 7) is 1.85. The minimum absolute atomic E-state index is 0.0493. The lowest BCUT2D eigenvalue weighted by atomic mass is 10.0. The molecule has 0 spiro atoms. The molecule has 144 valence electrons. The van der Waals surface area contributed by atoms with Gasteiger partial charge >= 0.3 is 0 Å². The van der Waals surface area contributed by atoms with E-state index in [9.17, 15) is 13.2 Å². The second kappa shape index (κ2) is 8.37. The van der Waals surface area contributed by atoms with Crippen molar-refractivity contribution in [3.05, 3.63) is 90.0 Å². The Bertz CT molecular complexity index is 1050. The number of rotatable bonds is 6. The van der Waals surface area contributed by atoms with Crippen LogP contribution >= 0.6 is 0 Å². The number of carbonyl (C=O) groups is 1. The summed E-state index contributed by atoms with van der Waals surface area (Å²) in [5.74, 6) is -0.101. The summed E-state index contributed by atoms with van der Waals surface area (Å²) in [5.41, 5.74) is 3.97. The molecule has 1 amide bonds. The second-order valence-electron chi connectivity index (χ2n) is 6.64. The first-order valence-electron chi connectivity index (χ1n) is 8.89. The molecule has 3 rings (SSSR count).